The smallest absolute Gasteiger partial charge is 0.229 e. The normalized spacial score (nSPS) is 17.5. The Balaban J connectivity index is 1.67. The zero-order chi connectivity index (χ0) is 26.2. The quantitative estimate of drug-likeness (QED) is 0.332. The molecule has 5 rings (SSSR count). The van der Waals surface area contributed by atoms with Gasteiger partial charge in [-0.1, -0.05) is 24.3 Å². The molecule has 10 heteroatoms. The molecule has 0 amide bonds. The number of nitrogens with zero attached hydrogens (tertiary/aromatic N) is 3. The number of aryl methyl sites for hydroxylation is 1. The highest BCUT2D eigenvalue weighted by Crippen LogP contribution is 2.44. The van der Waals surface area contributed by atoms with Gasteiger partial charge in [0.05, 0.1) is 30.8 Å². The van der Waals surface area contributed by atoms with E-state index in [4.69, 9.17) is 17.0 Å². The molecule has 0 radical (unpaired) electrons. The highest BCUT2D eigenvalue weighted by molar-refractivity contribution is 7.92. The predicted octanol–water partition coefficient (Wildman–Crippen LogP) is 4.74. The summed E-state index contributed by atoms with van der Waals surface area (Å²) >= 11 is 5.87. The number of rotatable bonds is 7. The van der Waals surface area contributed by atoms with Gasteiger partial charge in [-0.15, -0.1) is 0 Å². The lowest BCUT2D eigenvalue weighted by Gasteiger charge is -2.30. The molecule has 8 nitrogen and oxygen atoms in total. The molecule has 0 aliphatic carbocycles. The molecule has 190 valence electrons. The summed E-state index contributed by atoms with van der Waals surface area (Å²) in [6.45, 7) is 2.08. The summed E-state index contributed by atoms with van der Waals surface area (Å²) in [5.41, 5.74) is 5.14. The van der Waals surface area contributed by atoms with Crippen LogP contribution in [0.15, 0.2) is 85.1 Å². The van der Waals surface area contributed by atoms with Gasteiger partial charge in [-0.25, -0.2) is 8.42 Å². The molecule has 0 saturated carbocycles. The second-order valence-corrected chi connectivity index (χ2v) is 11.0. The van der Waals surface area contributed by atoms with E-state index >= 15 is 0 Å². The van der Waals surface area contributed by atoms with Gasteiger partial charge < -0.3 is 19.5 Å². The number of methoxy groups -OCH3 is 1. The number of thiocarbonyl (C=S) groups is 1. The molecule has 0 spiro atoms. The molecule has 3 heterocycles. The van der Waals surface area contributed by atoms with Gasteiger partial charge in [0.1, 0.15) is 11.8 Å². The van der Waals surface area contributed by atoms with E-state index in [9.17, 15) is 8.42 Å². The number of benzene rings is 2. The van der Waals surface area contributed by atoms with E-state index in [1.807, 2.05) is 47.4 Å². The number of pyridine rings is 1. The Hall–Kier alpha value is -3.89. The number of sulfonamides is 1. The summed E-state index contributed by atoms with van der Waals surface area (Å²) < 4.78 is 34.0. The number of anilines is 2. The van der Waals surface area contributed by atoms with Gasteiger partial charge in [0.2, 0.25) is 10.0 Å². The average molecular weight is 534 g/mol. The van der Waals surface area contributed by atoms with Crippen molar-refractivity contribution >= 4 is 38.7 Å². The van der Waals surface area contributed by atoms with Crippen molar-refractivity contribution in [2.75, 3.05) is 23.0 Å². The standard InChI is InChI=1S/C27H27N5O3S2/c1-18-12-15-23(31(18)19-9-5-4-6-10-19)26-25(22-11-7-8-16-28-22)29-27(36)32(26)20-13-14-21(24(17-20)35-2)30-37(3,33)34/h4-17,25-26,30H,1-3H3,(H,29,36)/t25-,26+/m0/s1. The maximum absolute atomic E-state index is 11.9. The first-order chi connectivity index (χ1) is 17.8. The van der Waals surface area contributed by atoms with Crippen LogP contribution >= 0.6 is 12.2 Å². The van der Waals surface area contributed by atoms with Crippen LogP contribution in [0, 0.1) is 6.92 Å². The molecule has 1 aliphatic heterocycles. The van der Waals surface area contributed by atoms with Crippen LogP contribution in [-0.4, -0.2) is 36.4 Å². The van der Waals surface area contributed by atoms with Crippen LogP contribution in [0.25, 0.3) is 5.69 Å². The van der Waals surface area contributed by atoms with Gasteiger partial charge in [-0.05, 0) is 67.7 Å². The lowest BCUT2D eigenvalue weighted by Crippen LogP contribution is -2.30. The lowest BCUT2D eigenvalue weighted by atomic mass is 10.0. The molecular formula is C27H27N5O3S2. The molecule has 2 aromatic heterocycles. The zero-order valence-electron chi connectivity index (χ0n) is 20.6. The van der Waals surface area contributed by atoms with Gasteiger partial charge in [0.25, 0.3) is 0 Å². The number of ether oxygens (including phenoxy) is 1. The third-order valence-corrected chi connectivity index (χ3v) is 7.19. The van der Waals surface area contributed by atoms with Crippen molar-refractivity contribution in [2.24, 2.45) is 0 Å². The van der Waals surface area contributed by atoms with Crippen LogP contribution in [0.1, 0.15) is 29.2 Å². The third kappa shape index (κ3) is 4.90. The molecule has 37 heavy (non-hydrogen) atoms. The summed E-state index contributed by atoms with van der Waals surface area (Å²) in [6.07, 6.45) is 2.88. The van der Waals surface area contributed by atoms with Crippen LogP contribution in [0.2, 0.25) is 0 Å². The molecule has 1 fully saturated rings. The van der Waals surface area contributed by atoms with E-state index in [1.165, 1.54) is 7.11 Å². The van der Waals surface area contributed by atoms with Crippen molar-refractivity contribution in [3.8, 4) is 11.4 Å². The molecule has 0 bridgehead atoms. The van der Waals surface area contributed by atoms with Crippen molar-refractivity contribution < 1.29 is 13.2 Å². The first kappa shape index (κ1) is 24.8. The van der Waals surface area contributed by atoms with Crippen LogP contribution in [-0.2, 0) is 10.0 Å². The van der Waals surface area contributed by atoms with Gasteiger partial charge in [-0.2, -0.15) is 0 Å². The van der Waals surface area contributed by atoms with Crippen molar-refractivity contribution in [3.05, 3.63) is 102 Å². The van der Waals surface area contributed by atoms with Crippen LogP contribution in [0.3, 0.4) is 0 Å². The monoisotopic (exact) mass is 533 g/mol. The molecule has 2 N–H and O–H groups in total. The average Bonchev–Trinajstić information content (AvgIpc) is 3.43. The van der Waals surface area contributed by atoms with E-state index in [2.05, 4.69) is 50.8 Å². The largest absolute Gasteiger partial charge is 0.494 e. The van der Waals surface area contributed by atoms with Gasteiger partial charge >= 0.3 is 0 Å². The number of hydrogen-bond acceptors (Lipinski definition) is 5. The second kappa shape index (κ2) is 9.87. The summed E-state index contributed by atoms with van der Waals surface area (Å²) in [6, 6.07) is 25.0. The number of hydrogen-bond donors (Lipinski definition) is 2. The van der Waals surface area contributed by atoms with Crippen LogP contribution < -0.4 is 19.7 Å². The number of aromatic nitrogens is 2. The molecule has 4 aromatic rings. The van der Waals surface area contributed by atoms with Crippen LogP contribution in [0.4, 0.5) is 11.4 Å². The van der Waals surface area contributed by atoms with Crippen molar-refractivity contribution in [1.29, 1.82) is 0 Å². The first-order valence-electron chi connectivity index (χ1n) is 11.7. The number of para-hydroxylation sites is 1. The minimum Gasteiger partial charge on any atom is -0.494 e. The summed E-state index contributed by atoms with van der Waals surface area (Å²) in [5.74, 6) is 0.389. The van der Waals surface area contributed by atoms with E-state index in [-0.39, 0.29) is 12.1 Å². The Morgan fingerprint density at radius 3 is 2.43 bits per heavy atom. The summed E-state index contributed by atoms with van der Waals surface area (Å²) in [7, 11) is -1.97. The Morgan fingerprint density at radius 2 is 1.76 bits per heavy atom. The topological polar surface area (TPSA) is 88.5 Å². The van der Waals surface area contributed by atoms with E-state index in [1.54, 1.807) is 18.3 Å². The molecule has 2 aromatic carbocycles. The number of nitrogens with one attached hydrogen (secondary N) is 2. The minimum atomic E-state index is -3.48. The van der Waals surface area contributed by atoms with Crippen molar-refractivity contribution in [1.82, 2.24) is 14.9 Å². The van der Waals surface area contributed by atoms with Gasteiger partial charge in [0.15, 0.2) is 5.11 Å². The fourth-order valence-electron chi connectivity index (χ4n) is 4.77. The maximum atomic E-state index is 11.9. The lowest BCUT2D eigenvalue weighted by molar-refractivity contribution is 0.417. The minimum absolute atomic E-state index is 0.231. The summed E-state index contributed by atoms with van der Waals surface area (Å²) in [5, 5.41) is 4.01. The second-order valence-electron chi connectivity index (χ2n) is 8.83. The third-order valence-electron chi connectivity index (χ3n) is 6.28. The van der Waals surface area contributed by atoms with E-state index < -0.39 is 10.0 Å². The van der Waals surface area contributed by atoms with Gasteiger partial charge in [-0.3, -0.25) is 9.71 Å². The fraction of sp³-hybridized carbons (Fsp3) is 0.185. The van der Waals surface area contributed by atoms with Gasteiger partial charge in [0, 0.05) is 35.0 Å². The summed E-state index contributed by atoms with van der Waals surface area (Å²) in [4.78, 5) is 6.67. The molecule has 1 saturated heterocycles. The Labute approximate surface area is 222 Å². The zero-order valence-corrected chi connectivity index (χ0v) is 22.3. The SMILES string of the molecule is COc1cc(N2C(=S)N[C@@H](c3ccccn3)[C@H]2c2ccc(C)n2-c2ccccc2)ccc1NS(C)(=O)=O. The molecular weight excluding hydrogens is 506 g/mol. The Kier molecular flexibility index (Phi) is 6.61. The predicted molar refractivity (Wildman–Crippen MR) is 150 cm³/mol. The molecule has 0 unspecified atom stereocenters. The Morgan fingerprint density at radius 1 is 1.00 bits per heavy atom. The molecule has 2 atom stereocenters. The van der Waals surface area contributed by atoms with E-state index in [0.29, 0.717) is 16.5 Å². The highest BCUT2D eigenvalue weighted by Gasteiger charge is 2.42. The maximum Gasteiger partial charge on any atom is 0.229 e. The highest BCUT2D eigenvalue weighted by atomic mass is 32.2. The van der Waals surface area contributed by atoms with Crippen LogP contribution in [0.5, 0.6) is 5.75 Å². The fourth-order valence-corrected chi connectivity index (χ4v) is 5.68. The van der Waals surface area contributed by atoms with E-state index in [0.717, 1.165) is 34.7 Å². The van der Waals surface area contributed by atoms with Crippen molar-refractivity contribution in [3.63, 3.8) is 0 Å². The Bertz CT molecular complexity index is 1540. The molecule has 1 aliphatic rings. The van der Waals surface area contributed by atoms with Crippen molar-refractivity contribution in [2.45, 2.75) is 19.0 Å². The first-order valence-corrected chi connectivity index (χ1v) is 14.0.